The van der Waals surface area contributed by atoms with Gasteiger partial charge in [-0.25, -0.2) is 0 Å². The fourth-order valence-corrected chi connectivity index (χ4v) is 4.81. The fourth-order valence-electron chi connectivity index (χ4n) is 4.81. The van der Waals surface area contributed by atoms with Crippen molar-refractivity contribution in [2.45, 2.75) is 25.3 Å². The number of hydrogen-bond acceptors (Lipinski definition) is 5. The van der Waals surface area contributed by atoms with Crippen LogP contribution >= 0.6 is 0 Å². The van der Waals surface area contributed by atoms with Crippen molar-refractivity contribution in [1.29, 1.82) is 0 Å². The highest BCUT2D eigenvalue weighted by Gasteiger charge is 2.39. The zero-order valence-electron chi connectivity index (χ0n) is 18.9. The summed E-state index contributed by atoms with van der Waals surface area (Å²) in [6.45, 7) is 2.57. The largest absolute Gasteiger partial charge is 0.497 e. The second-order valence-electron chi connectivity index (χ2n) is 8.45. The van der Waals surface area contributed by atoms with E-state index in [1.807, 2.05) is 73.7 Å². The van der Waals surface area contributed by atoms with Gasteiger partial charge in [-0.2, -0.15) is 0 Å². The third-order valence-electron chi connectivity index (χ3n) is 6.41. The molecule has 2 aliphatic rings. The van der Waals surface area contributed by atoms with Crippen molar-refractivity contribution >= 4 is 17.2 Å². The van der Waals surface area contributed by atoms with Gasteiger partial charge in [-0.15, -0.1) is 0 Å². The Bertz CT molecular complexity index is 1190. The molecule has 0 amide bonds. The number of carbonyl (C=O) groups is 1. The predicted octanol–water partition coefficient (Wildman–Crippen LogP) is 5.93. The maximum Gasteiger partial charge on any atom is 0.145 e. The van der Waals surface area contributed by atoms with Crippen LogP contribution in [-0.4, -0.2) is 19.5 Å². The van der Waals surface area contributed by atoms with Crippen LogP contribution in [-0.2, 0) is 4.79 Å². The minimum Gasteiger partial charge on any atom is -0.497 e. The van der Waals surface area contributed by atoms with Gasteiger partial charge in [0.2, 0.25) is 0 Å². The van der Waals surface area contributed by atoms with E-state index in [2.05, 4.69) is 22.8 Å². The van der Waals surface area contributed by atoms with E-state index in [0.29, 0.717) is 13.0 Å². The van der Waals surface area contributed by atoms with Crippen LogP contribution in [0.5, 0.6) is 11.5 Å². The first-order valence-corrected chi connectivity index (χ1v) is 11.4. The zero-order chi connectivity index (χ0) is 22.8. The van der Waals surface area contributed by atoms with Crippen molar-refractivity contribution < 1.29 is 14.3 Å². The van der Waals surface area contributed by atoms with Crippen LogP contribution < -0.4 is 20.1 Å². The van der Waals surface area contributed by atoms with Crippen LogP contribution in [0, 0.1) is 5.92 Å². The Balaban J connectivity index is 1.58. The molecule has 0 spiro atoms. The average molecular weight is 441 g/mol. The molecule has 5 heteroatoms. The smallest absolute Gasteiger partial charge is 0.145 e. The van der Waals surface area contributed by atoms with Crippen molar-refractivity contribution in [2.75, 3.05) is 24.4 Å². The van der Waals surface area contributed by atoms with Gasteiger partial charge < -0.3 is 20.1 Å². The average Bonchev–Trinajstić information content (AvgIpc) is 3.01. The van der Waals surface area contributed by atoms with Crippen molar-refractivity contribution in [2.24, 2.45) is 5.92 Å². The summed E-state index contributed by atoms with van der Waals surface area (Å²) in [5, 5.41) is 7.22. The van der Waals surface area contributed by atoms with Gasteiger partial charge >= 0.3 is 0 Å². The molecule has 1 aliphatic carbocycles. The molecule has 2 N–H and O–H groups in total. The maximum absolute atomic E-state index is 13.7. The number of nitrogens with one attached hydrogen (secondary N) is 2. The quantitative estimate of drug-likeness (QED) is 0.515. The number of methoxy groups -OCH3 is 1. The Morgan fingerprint density at radius 3 is 2.45 bits per heavy atom. The number of hydrogen-bond donors (Lipinski definition) is 2. The number of fused-ring (bicyclic) bond motifs is 2. The lowest BCUT2D eigenvalue weighted by Crippen LogP contribution is -2.33. The van der Waals surface area contributed by atoms with Crippen LogP contribution in [0.2, 0.25) is 0 Å². The summed E-state index contributed by atoms with van der Waals surface area (Å²) in [7, 11) is 1.66. The third kappa shape index (κ3) is 4.19. The number of ketones is 1. The van der Waals surface area contributed by atoms with Crippen LogP contribution in [0.3, 0.4) is 0 Å². The Morgan fingerprint density at radius 2 is 1.70 bits per heavy atom. The van der Waals surface area contributed by atoms with E-state index in [1.165, 1.54) is 0 Å². The first-order valence-electron chi connectivity index (χ1n) is 11.4. The Kier molecular flexibility index (Phi) is 5.78. The minimum atomic E-state index is -0.316. The van der Waals surface area contributed by atoms with Gasteiger partial charge in [-0.1, -0.05) is 42.5 Å². The van der Waals surface area contributed by atoms with E-state index >= 15 is 0 Å². The number of Topliss-reactive ketones (excluding diaryl/α,β-unsaturated/α-hetero) is 1. The molecule has 3 unspecified atom stereocenters. The molecular formula is C28H28N2O3. The highest BCUT2D eigenvalue weighted by Crippen LogP contribution is 2.44. The van der Waals surface area contributed by atoms with Crippen LogP contribution in [0.4, 0.5) is 11.4 Å². The molecule has 1 aliphatic heterocycles. The van der Waals surface area contributed by atoms with Crippen LogP contribution in [0.1, 0.15) is 36.4 Å². The molecular weight excluding hydrogens is 412 g/mol. The number of carbonyl (C=O) groups excluding carboxylic acids is 1. The molecule has 0 fully saturated rings. The van der Waals surface area contributed by atoms with Crippen molar-refractivity contribution in [3.05, 3.63) is 95.7 Å². The minimum absolute atomic E-state index is 0.0165. The summed E-state index contributed by atoms with van der Waals surface area (Å²) in [6.07, 6.45) is 2.68. The summed E-state index contributed by atoms with van der Waals surface area (Å²) in [5.74, 6) is 1.54. The van der Waals surface area contributed by atoms with E-state index < -0.39 is 0 Å². The number of anilines is 2. The highest BCUT2D eigenvalue weighted by atomic mass is 16.5. The van der Waals surface area contributed by atoms with E-state index in [1.54, 1.807) is 7.11 Å². The molecule has 0 bridgehead atoms. The molecule has 3 aromatic rings. The SMILES string of the molecule is CCOc1cccc(C2Nc3ccccc3NC3=CC(c4ccc(OC)cc4)CC(=O)C32)c1. The predicted molar refractivity (Wildman–Crippen MR) is 131 cm³/mol. The molecule has 0 saturated carbocycles. The second-order valence-corrected chi connectivity index (χ2v) is 8.45. The maximum atomic E-state index is 13.7. The molecule has 5 nitrogen and oxygen atoms in total. The Labute approximate surface area is 194 Å². The molecule has 5 rings (SSSR count). The lowest BCUT2D eigenvalue weighted by atomic mass is 9.76. The summed E-state index contributed by atoms with van der Waals surface area (Å²) >= 11 is 0. The number of para-hydroxylation sites is 2. The summed E-state index contributed by atoms with van der Waals surface area (Å²) in [4.78, 5) is 13.7. The van der Waals surface area contributed by atoms with Gasteiger partial charge in [0.05, 0.1) is 37.1 Å². The Hall–Kier alpha value is -3.73. The van der Waals surface area contributed by atoms with Crippen LogP contribution in [0.25, 0.3) is 0 Å². The van der Waals surface area contributed by atoms with E-state index in [0.717, 1.165) is 39.7 Å². The molecule has 3 aromatic carbocycles. The zero-order valence-corrected chi connectivity index (χ0v) is 18.9. The van der Waals surface area contributed by atoms with Gasteiger partial charge in [0.15, 0.2) is 0 Å². The highest BCUT2D eigenvalue weighted by molar-refractivity contribution is 5.90. The van der Waals surface area contributed by atoms with E-state index in [9.17, 15) is 4.79 Å². The molecule has 33 heavy (non-hydrogen) atoms. The van der Waals surface area contributed by atoms with Gasteiger partial charge in [-0.05, 0) is 54.4 Å². The molecule has 1 heterocycles. The second kappa shape index (κ2) is 9.02. The summed E-state index contributed by atoms with van der Waals surface area (Å²) in [5.41, 5.74) is 5.04. The monoisotopic (exact) mass is 440 g/mol. The fraction of sp³-hybridized carbons (Fsp3) is 0.250. The lowest BCUT2D eigenvalue weighted by molar-refractivity contribution is -0.122. The molecule has 0 radical (unpaired) electrons. The number of rotatable bonds is 5. The van der Waals surface area contributed by atoms with Gasteiger partial charge in [0, 0.05) is 18.0 Å². The molecule has 168 valence electrons. The first kappa shape index (κ1) is 21.1. The lowest BCUT2D eigenvalue weighted by Gasteiger charge is -2.32. The first-order chi connectivity index (χ1) is 16.2. The standard InChI is InChI=1S/C28H28N2O3/c1-3-33-22-8-6-7-19(15-22)28-27-25(29-23-9-4-5-10-24(23)30-28)16-20(17-26(27)31)18-11-13-21(32-2)14-12-18/h4-16,20,27-30H,3,17H2,1-2H3. The van der Waals surface area contributed by atoms with Gasteiger partial charge in [-0.3, -0.25) is 4.79 Å². The van der Waals surface area contributed by atoms with E-state index in [4.69, 9.17) is 9.47 Å². The normalized spacial score (nSPS) is 21.5. The Morgan fingerprint density at radius 1 is 0.909 bits per heavy atom. The summed E-state index contributed by atoms with van der Waals surface area (Å²) < 4.78 is 11.0. The van der Waals surface area contributed by atoms with Crippen LogP contribution in [0.15, 0.2) is 84.6 Å². The van der Waals surface area contributed by atoms with Gasteiger partial charge in [0.25, 0.3) is 0 Å². The number of allylic oxidation sites excluding steroid dienone is 1. The summed E-state index contributed by atoms with van der Waals surface area (Å²) in [6, 6.07) is 23.9. The molecule has 3 atom stereocenters. The number of ether oxygens (including phenoxy) is 2. The van der Waals surface area contributed by atoms with Gasteiger partial charge in [0.1, 0.15) is 17.3 Å². The third-order valence-corrected chi connectivity index (χ3v) is 6.41. The molecule has 0 saturated heterocycles. The van der Waals surface area contributed by atoms with Crippen molar-refractivity contribution in [1.82, 2.24) is 0 Å². The van der Waals surface area contributed by atoms with Crippen molar-refractivity contribution in [3.63, 3.8) is 0 Å². The van der Waals surface area contributed by atoms with E-state index in [-0.39, 0.29) is 23.7 Å². The topological polar surface area (TPSA) is 59.6 Å². The number of benzene rings is 3. The van der Waals surface area contributed by atoms with Crippen molar-refractivity contribution in [3.8, 4) is 11.5 Å². The molecule has 0 aromatic heterocycles.